The molecule has 9 nitrogen and oxygen atoms in total. The van der Waals surface area contributed by atoms with E-state index >= 15 is 0 Å². The third kappa shape index (κ3) is 4.78. The predicted octanol–water partition coefficient (Wildman–Crippen LogP) is -1.15. The van der Waals surface area contributed by atoms with E-state index in [-0.39, 0.29) is 29.5 Å². The molecule has 0 unspecified atom stereocenters. The number of aryl methyl sites for hydroxylation is 1. The minimum atomic E-state index is -4.05. The van der Waals surface area contributed by atoms with Gasteiger partial charge in [0, 0.05) is 27.0 Å². The van der Waals surface area contributed by atoms with Gasteiger partial charge in [0.2, 0.25) is 20.0 Å². The highest BCUT2D eigenvalue weighted by Gasteiger charge is 2.22. The molecule has 0 fully saturated rings. The summed E-state index contributed by atoms with van der Waals surface area (Å²) in [6, 6.07) is 0. The Morgan fingerprint density at radius 2 is 2.05 bits per heavy atom. The fraction of sp³-hybridized carbons (Fsp3) is 0.625. The van der Waals surface area contributed by atoms with Crippen LogP contribution in [0, 0.1) is 0 Å². The monoisotopic (exact) mass is 312 g/mol. The van der Waals surface area contributed by atoms with E-state index in [0.29, 0.717) is 0 Å². The lowest BCUT2D eigenvalue weighted by Crippen LogP contribution is -2.21. The Hall–Kier alpha value is -1.17. The van der Waals surface area contributed by atoms with Gasteiger partial charge in [-0.25, -0.2) is 22.0 Å². The molecule has 1 heterocycles. The number of sulfonamides is 2. The van der Waals surface area contributed by atoms with Crippen molar-refractivity contribution in [3.05, 3.63) is 6.20 Å². The first-order chi connectivity index (χ1) is 8.65. The summed E-state index contributed by atoms with van der Waals surface area (Å²) >= 11 is 0. The van der Waals surface area contributed by atoms with Crippen LogP contribution >= 0.6 is 0 Å². The van der Waals surface area contributed by atoms with Gasteiger partial charge in [-0.2, -0.15) is 5.10 Å². The molecule has 1 aromatic rings. The molecule has 3 N–H and O–H groups in total. The summed E-state index contributed by atoms with van der Waals surface area (Å²) in [5.74, 6) is -0.510. The number of nitrogens with one attached hydrogen (secondary N) is 1. The molecular weight excluding hydrogens is 296 g/mol. The highest BCUT2D eigenvalue weighted by atomic mass is 32.2. The highest BCUT2D eigenvalue weighted by Crippen LogP contribution is 2.18. The molecule has 0 saturated heterocycles. The van der Waals surface area contributed by atoms with Crippen LogP contribution < -0.4 is 9.86 Å². The van der Waals surface area contributed by atoms with Crippen molar-refractivity contribution in [1.82, 2.24) is 9.78 Å². The number of hydrogen-bond donors (Lipinski definition) is 2. The van der Waals surface area contributed by atoms with Crippen molar-refractivity contribution in [2.45, 2.75) is 11.3 Å². The van der Waals surface area contributed by atoms with Crippen LogP contribution in [0.15, 0.2) is 11.1 Å². The topological polar surface area (TPSA) is 133 Å². The molecule has 0 aliphatic rings. The second kappa shape index (κ2) is 5.86. The summed E-state index contributed by atoms with van der Waals surface area (Å²) in [4.78, 5) is -0.370. The molecule has 1 rings (SSSR count). The third-order valence-electron chi connectivity index (χ3n) is 2.12. The lowest BCUT2D eigenvalue weighted by Gasteiger charge is -2.06. The van der Waals surface area contributed by atoms with Gasteiger partial charge in [0.15, 0.2) is 5.82 Å². The van der Waals surface area contributed by atoms with Gasteiger partial charge in [-0.1, -0.05) is 0 Å². The normalized spacial score (nSPS) is 12.6. The smallest absolute Gasteiger partial charge is 0.243 e. The van der Waals surface area contributed by atoms with Gasteiger partial charge < -0.3 is 4.74 Å². The molecule has 0 radical (unpaired) electrons. The van der Waals surface area contributed by atoms with E-state index in [1.54, 1.807) is 0 Å². The van der Waals surface area contributed by atoms with Crippen molar-refractivity contribution in [1.29, 1.82) is 0 Å². The Morgan fingerprint density at radius 3 is 2.58 bits per heavy atom. The van der Waals surface area contributed by atoms with E-state index in [4.69, 9.17) is 9.88 Å². The second-order valence-electron chi connectivity index (χ2n) is 3.83. The van der Waals surface area contributed by atoms with E-state index in [9.17, 15) is 16.8 Å². The van der Waals surface area contributed by atoms with Gasteiger partial charge in [0.1, 0.15) is 4.90 Å². The molecule has 0 aliphatic heterocycles. The van der Waals surface area contributed by atoms with Gasteiger partial charge in [0.05, 0.1) is 5.75 Å². The van der Waals surface area contributed by atoms with Crippen molar-refractivity contribution in [3.8, 4) is 0 Å². The third-order valence-corrected chi connectivity index (χ3v) is 4.36. The van der Waals surface area contributed by atoms with E-state index in [1.807, 2.05) is 0 Å². The molecular formula is C8H16N4O5S2. The first-order valence-electron chi connectivity index (χ1n) is 5.21. The number of primary sulfonamides is 1. The Labute approximate surface area is 111 Å². The van der Waals surface area contributed by atoms with Crippen molar-refractivity contribution >= 4 is 25.9 Å². The molecule has 0 spiro atoms. The number of nitrogens with zero attached hydrogens (tertiary/aromatic N) is 2. The number of anilines is 1. The minimum absolute atomic E-state index is 0.207. The summed E-state index contributed by atoms with van der Waals surface area (Å²) in [7, 11) is -4.84. The van der Waals surface area contributed by atoms with Gasteiger partial charge in [-0.15, -0.1) is 0 Å². The number of rotatable bonds is 7. The molecule has 19 heavy (non-hydrogen) atoms. The van der Waals surface area contributed by atoms with Gasteiger partial charge in [-0.3, -0.25) is 9.40 Å². The van der Waals surface area contributed by atoms with Crippen LogP contribution in [0.5, 0.6) is 0 Å². The zero-order chi connectivity index (χ0) is 14.7. The summed E-state index contributed by atoms with van der Waals surface area (Å²) in [5, 5.41) is 8.70. The lowest BCUT2D eigenvalue weighted by molar-refractivity contribution is 0.199. The zero-order valence-electron chi connectivity index (χ0n) is 10.5. The maximum Gasteiger partial charge on any atom is 0.243 e. The number of methoxy groups -OCH3 is 1. The maximum absolute atomic E-state index is 11.7. The highest BCUT2D eigenvalue weighted by molar-refractivity contribution is 7.93. The summed E-state index contributed by atoms with van der Waals surface area (Å²) < 4.78 is 54.0. The van der Waals surface area contributed by atoms with Crippen LogP contribution in [-0.2, 0) is 31.8 Å². The Kier molecular flexibility index (Phi) is 4.90. The van der Waals surface area contributed by atoms with Crippen LogP contribution in [-0.4, -0.2) is 46.1 Å². The average Bonchev–Trinajstić information content (AvgIpc) is 2.58. The van der Waals surface area contributed by atoms with Crippen molar-refractivity contribution in [2.24, 2.45) is 12.2 Å². The molecule has 0 aromatic carbocycles. The van der Waals surface area contributed by atoms with Crippen LogP contribution in [0.25, 0.3) is 0 Å². The van der Waals surface area contributed by atoms with Gasteiger partial charge >= 0.3 is 0 Å². The van der Waals surface area contributed by atoms with E-state index in [1.165, 1.54) is 14.2 Å². The second-order valence-corrected chi connectivity index (χ2v) is 7.20. The number of aromatic nitrogens is 2. The molecule has 0 saturated carbocycles. The number of nitrogens with two attached hydrogens (primary N) is 1. The maximum atomic E-state index is 11.7. The summed E-state index contributed by atoms with van der Waals surface area (Å²) in [6.45, 7) is 0.283. The van der Waals surface area contributed by atoms with Crippen LogP contribution in [0.4, 0.5) is 5.82 Å². The van der Waals surface area contributed by atoms with Crippen LogP contribution in [0.2, 0.25) is 0 Å². The fourth-order valence-electron chi connectivity index (χ4n) is 1.34. The largest absolute Gasteiger partial charge is 0.385 e. The molecule has 110 valence electrons. The minimum Gasteiger partial charge on any atom is -0.385 e. The quantitative estimate of drug-likeness (QED) is 0.610. The molecule has 0 aliphatic carbocycles. The van der Waals surface area contributed by atoms with Crippen molar-refractivity contribution < 1.29 is 21.6 Å². The fourth-order valence-corrected chi connectivity index (χ4v) is 3.11. The molecule has 0 bridgehead atoms. The molecule has 0 amide bonds. The summed E-state index contributed by atoms with van der Waals surface area (Å²) in [6.07, 6.45) is 1.41. The lowest BCUT2D eigenvalue weighted by atomic mass is 10.5. The molecule has 1 aromatic heterocycles. The summed E-state index contributed by atoms with van der Waals surface area (Å²) in [5.41, 5.74) is 0. The van der Waals surface area contributed by atoms with Crippen LogP contribution in [0.1, 0.15) is 6.42 Å². The standard InChI is InChI=1S/C8H16N4O5S2/c1-12-6-7(19(9,15)16)8(10-12)11-18(13,14)5-3-4-17-2/h6H,3-5H2,1-2H3,(H,10,11)(H2,9,15,16). The van der Waals surface area contributed by atoms with E-state index < -0.39 is 20.0 Å². The molecule has 11 heteroatoms. The Bertz CT molecular complexity index is 634. The van der Waals surface area contributed by atoms with E-state index in [0.717, 1.165) is 10.9 Å². The first kappa shape index (κ1) is 15.9. The van der Waals surface area contributed by atoms with Crippen LogP contribution in [0.3, 0.4) is 0 Å². The SMILES string of the molecule is COCCCS(=O)(=O)Nc1nn(C)cc1S(N)(=O)=O. The average molecular weight is 312 g/mol. The number of ether oxygens (including phenoxy) is 1. The van der Waals surface area contributed by atoms with Gasteiger partial charge in [0.25, 0.3) is 0 Å². The molecule has 0 atom stereocenters. The predicted molar refractivity (Wildman–Crippen MR) is 68.5 cm³/mol. The zero-order valence-corrected chi connectivity index (χ0v) is 12.2. The Morgan fingerprint density at radius 1 is 1.42 bits per heavy atom. The Balaban J connectivity index is 2.94. The van der Waals surface area contributed by atoms with Crippen molar-refractivity contribution in [3.63, 3.8) is 0 Å². The first-order valence-corrected chi connectivity index (χ1v) is 8.41. The number of hydrogen-bond acceptors (Lipinski definition) is 6. The van der Waals surface area contributed by atoms with Gasteiger partial charge in [-0.05, 0) is 6.42 Å². The van der Waals surface area contributed by atoms with Crippen molar-refractivity contribution in [2.75, 3.05) is 24.2 Å². The van der Waals surface area contributed by atoms with E-state index in [2.05, 4.69) is 9.82 Å².